The lowest BCUT2D eigenvalue weighted by atomic mass is 10.2. The van der Waals surface area contributed by atoms with E-state index in [-0.39, 0.29) is 5.91 Å². The molecule has 2 heterocycles. The smallest absolute Gasteiger partial charge is 0.224 e. The summed E-state index contributed by atoms with van der Waals surface area (Å²) < 4.78 is 0. The van der Waals surface area contributed by atoms with Gasteiger partial charge in [-0.25, -0.2) is 0 Å². The lowest BCUT2D eigenvalue weighted by Gasteiger charge is -2.03. The van der Waals surface area contributed by atoms with Crippen molar-refractivity contribution in [1.82, 2.24) is 15.3 Å². The van der Waals surface area contributed by atoms with E-state index in [2.05, 4.69) is 15.3 Å². The third kappa shape index (κ3) is 2.95. The maximum atomic E-state index is 11.5. The summed E-state index contributed by atoms with van der Waals surface area (Å²) >= 11 is 0. The van der Waals surface area contributed by atoms with Crippen LogP contribution in [0.2, 0.25) is 0 Å². The Morgan fingerprint density at radius 2 is 2.06 bits per heavy atom. The quantitative estimate of drug-likeness (QED) is 0.806. The molecule has 2 aromatic heterocycles. The largest absolute Gasteiger partial charge is 0.367 e. The molecule has 0 aliphatic heterocycles. The van der Waals surface area contributed by atoms with Crippen LogP contribution in [0.25, 0.3) is 0 Å². The van der Waals surface area contributed by atoms with Gasteiger partial charge in [-0.3, -0.25) is 9.78 Å². The summed E-state index contributed by atoms with van der Waals surface area (Å²) in [6.07, 6.45) is 7.48. The molecule has 0 saturated carbocycles. The van der Waals surface area contributed by atoms with Crippen molar-refractivity contribution in [3.63, 3.8) is 0 Å². The predicted molar refractivity (Wildman–Crippen MR) is 60.6 cm³/mol. The van der Waals surface area contributed by atoms with Crippen LogP contribution >= 0.6 is 0 Å². The van der Waals surface area contributed by atoms with E-state index in [0.717, 1.165) is 11.1 Å². The molecule has 2 rings (SSSR count). The van der Waals surface area contributed by atoms with Crippen LogP contribution < -0.4 is 5.32 Å². The van der Waals surface area contributed by atoms with Gasteiger partial charge in [0.2, 0.25) is 5.91 Å². The molecule has 2 aromatic rings. The molecule has 16 heavy (non-hydrogen) atoms. The Kier molecular flexibility index (Phi) is 3.33. The van der Waals surface area contributed by atoms with Crippen LogP contribution in [0.5, 0.6) is 0 Å². The zero-order chi connectivity index (χ0) is 11.2. The summed E-state index contributed by atoms with van der Waals surface area (Å²) in [7, 11) is 0. The molecule has 0 bridgehead atoms. The van der Waals surface area contributed by atoms with E-state index in [0.29, 0.717) is 13.0 Å². The van der Waals surface area contributed by atoms with Gasteiger partial charge in [0.25, 0.3) is 0 Å². The van der Waals surface area contributed by atoms with Crippen LogP contribution in [0.15, 0.2) is 43.0 Å². The second-order valence-corrected chi connectivity index (χ2v) is 3.53. The van der Waals surface area contributed by atoms with Crippen molar-refractivity contribution < 1.29 is 4.79 Å². The van der Waals surface area contributed by atoms with Gasteiger partial charge in [-0.05, 0) is 29.3 Å². The Morgan fingerprint density at radius 1 is 1.25 bits per heavy atom. The van der Waals surface area contributed by atoms with Crippen molar-refractivity contribution in [3.8, 4) is 0 Å². The molecule has 0 spiro atoms. The molecular formula is C12H13N3O. The van der Waals surface area contributed by atoms with E-state index in [1.165, 1.54) is 0 Å². The first kappa shape index (κ1) is 10.4. The number of hydrogen-bond acceptors (Lipinski definition) is 2. The summed E-state index contributed by atoms with van der Waals surface area (Å²) in [5.41, 5.74) is 2.05. The average molecular weight is 215 g/mol. The first-order valence-corrected chi connectivity index (χ1v) is 5.12. The highest BCUT2D eigenvalue weighted by molar-refractivity contribution is 5.78. The molecule has 1 amide bonds. The Morgan fingerprint density at radius 3 is 2.75 bits per heavy atom. The van der Waals surface area contributed by atoms with Gasteiger partial charge in [0, 0.05) is 31.3 Å². The number of pyridine rings is 1. The molecule has 0 radical (unpaired) electrons. The van der Waals surface area contributed by atoms with Crippen LogP contribution in [0.4, 0.5) is 0 Å². The minimum absolute atomic E-state index is 0.0245. The average Bonchev–Trinajstić information content (AvgIpc) is 2.81. The number of amides is 1. The van der Waals surface area contributed by atoms with Crippen molar-refractivity contribution in [2.45, 2.75) is 13.0 Å². The number of carbonyl (C=O) groups is 1. The first-order chi connectivity index (χ1) is 7.84. The standard InChI is InChI=1S/C12H13N3O/c16-12(7-11-3-6-14-8-11)15-9-10-1-4-13-5-2-10/h1-6,8,14H,7,9H2,(H,15,16). The van der Waals surface area contributed by atoms with Gasteiger partial charge < -0.3 is 10.3 Å². The van der Waals surface area contributed by atoms with Crippen LogP contribution in [-0.2, 0) is 17.8 Å². The SMILES string of the molecule is O=C(Cc1cc[nH]c1)NCc1ccncc1. The molecule has 0 aromatic carbocycles. The second kappa shape index (κ2) is 5.11. The minimum atomic E-state index is 0.0245. The molecule has 0 fully saturated rings. The molecule has 0 aliphatic rings. The topological polar surface area (TPSA) is 57.8 Å². The molecule has 0 unspecified atom stereocenters. The normalized spacial score (nSPS) is 10.0. The minimum Gasteiger partial charge on any atom is -0.367 e. The summed E-state index contributed by atoms with van der Waals surface area (Å²) in [6, 6.07) is 5.67. The van der Waals surface area contributed by atoms with Crippen LogP contribution in [0.1, 0.15) is 11.1 Å². The number of H-pyrrole nitrogens is 1. The highest BCUT2D eigenvalue weighted by Crippen LogP contribution is 1.99. The molecule has 82 valence electrons. The van der Waals surface area contributed by atoms with Gasteiger partial charge in [-0.1, -0.05) is 0 Å². The Balaban J connectivity index is 1.80. The first-order valence-electron chi connectivity index (χ1n) is 5.12. The maximum Gasteiger partial charge on any atom is 0.224 e. The summed E-state index contributed by atoms with van der Waals surface area (Å²) in [5, 5.41) is 2.86. The molecule has 0 atom stereocenters. The van der Waals surface area contributed by atoms with Gasteiger partial charge in [0.1, 0.15) is 0 Å². The third-order valence-electron chi connectivity index (χ3n) is 2.27. The van der Waals surface area contributed by atoms with E-state index in [9.17, 15) is 4.79 Å². The van der Waals surface area contributed by atoms with Crippen LogP contribution in [0.3, 0.4) is 0 Å². The number of hydrogen-bond donors (Lipinski definition) is 2. The van der Waals surface area contributed by atoms with E-state index >= 15 is 0 Å². The third-order valence-corrected chi connectivity index (χ3v) is 2.27. The lowest BCUT2D eigenvalue weighted by Crippen LogP contribution is -2.24. The monoisotopic (exact) mass is 215 g/mol. The maximum absolute atomic E-state index is 11.5. The second-order valence-electron chi connectivity index (χ2n) is 3.53. The fourth-order valence-electron chi connectivity index (χ4n) is 1.42. The van der Waals surface area contributed by atoms with E-state index < -0.39 is 0 Å². The van der Waals surface area contributed by atoms with Gasteiger partial charge in [0.15, 0.2) is 0 Å². The van der Waals surface area contributed by atoms with Gasteiger partial charge in [-0.2, -0.15) is 0 Å². The number of nitrogens with one attached hydrogen (secondary N) is 2. The number of aromatic nitrogens is 2. The molecule has 4 nitrogen and oxygen atoms in total. The highest BCUT2D eigenvalue weighted by atomic mass is 16.1. The van der Waals surface area contributed by atoms with Crippen LogP contribution in [0, 0.1) is 0 Å². The van der Waals surface area contributed by atoms with E-state index in [1.807, 2.05) is 30.6 Å². The van der Waals surface area contributed by atoms with Gasteiger partial charge in [-0.15, -0.1) is 0 Å². The number of rotatable bonds is 4. The van der Waals surface area contributed by atoms with Crippen molar-refractivity contribution in [3.05, 3.63) is 54.1 Å². The lowest BCUT2D eigenvalue weighted by molar-refractivity contribution is -0.120. The zero-order valence-electron chi connectivity index (χ0n) is 8.81. The molecule has 0 aliphatic carbocycles. The van der Waals surface area contributed by atoms with Crippen molar-refractivity contribution in [2.75, 3.05) is 0 Å². The van der Waals surface area contributed by atoms with Crippen molar-refractivity contribution in [1.29, 1.82) is 0 Å². The fraction of sp³-hybridized carbons (Fsp3) is 0.167. The fourth-order valence-corrected chi connectivity index (χ4v) is 1.42. The Labute approximate surface area is 93.7 Å². The number of carbonyl (C=O) groups excluding carboxylic acids is 1. The van der Waals surface area contributed by atoms with Crippen molar-refractivity contribution >= 4 is 5.91 Å². The van der Waals surface area contributed by atoms with Crippen molar-refractivity contribution in [2.24, 2.45) is 0 Å². The van der Waals surface area contributed by atoms with Gasteiger partial charge >= 0.3 is 0 Å². The Bertz CT molecular complexity index is 437. The molecular weight excluding hydrogens is 202 g/mol. The Hall–Kier alpha value is -2.10. The van der Waals surface area contributed by atoms with Crippen LogP contribution in [-0.4, -0.2) is 15.9 Å². The van der Waals surface area contributed by atoms with E-state index in [1.54, 1.807) is 12.4 Å². The molecule has 4 heteroatoms. The van der Waals surface area contributed by atoms with Gasteiger partial charge in [0.05, 0.1) is 6.42 Å². The molecule has 2 N–H and O–H groups in total. The highest BCUT2D eigenvalue weighted by Gasteiger charge is 2.02. The van der Waals surface area contributed by atoms with E-state index in [4.69, 9.17) is 0 Å². The predicted octanol–water partition coefficient (Wildman–Crippen LogP) is 1.27. The summed E-state index contributed by atoms with van der Waals surface area (Å²) in [6.45, 7) is 0.547. The summed E-state index contributed by atoms with van der Waals surface area (Å²) in [4.78, 5) is 18.4. The number of aromatic amines is 1. The molecule has 0 saturated heterocycles. The number of nitrogens with zero attached hydrogens (tertiary/aromatic N) is 1. The zero-order valence-corrected chi connectivity index (χ0v) is 8.81. The summed E-state index contributed by atoms with van der Waals surface area (Å²) in [5.74, 6) is 0.0245.